The van der Waals surface area contributed by atoms with Crippen LogP contribution in [-0.2, 0) is 19.2 Å². The first-order chi connectivity index (χ1) is 17.1. The number of benzene rings is 4. The maximum Gasteiger partial charge on any atom is 0.308 e. The van der Waals surface area contributed by atoms with Crippen molar-refractivity contribution in [3.63, 3.8) is 0 Å². The van der Waals surface area contributed by atoms with E-state index in [2.05, 4.69) is 0 Å². The summed E-state index contributed by atoms with van der Waals surface area (Å²) in [5.41, 5.74) is 1.11. The van der Waals surface area contributed by atoms with Gasteiger partial charge in [-0.2, -0.15) is 0 Å². The minimum Gasteiger partial charge on any atom is -0.427 e. The van der Waals surface area contributed by atoms with E-state index in [9.17, 15) is 19.2 Å². The third-order valence-electron chi connectivity index (χ3n) is 5.16. The summed E-state index contributed by atoms with van der Waals surface area (Å²) in [7, 11) is 0. The molecule has 0 spiro atoms. The molecule has 8 heteroatoms. The number of hydrogen-bond acceptors (Lipinski definition) is 8. The Bertz CT molecular complexity index is 1550. The first-order valence-electron chi connectivity index (χ1n) is 11.0. The number of fused-ring (bicyclic) bond motifs is 2. The van der Waals surface area contributed by atoms with Crippen molar-refractivity contribution in [3.8, 4) is 34.1 Å². The quantitative estimate of drug-likeness (QED) is 0.274. The van der Waals surface area contributed by atoms with Gasteiger partial charge in [0.1, 0.15) is 23.0 Å². The molecule has 0 bridgehead atoms. The lowest BCUT2D eigenvalue weighted by atomic mass is 9.92. The van der Waals surface area contributed by atoms with Crippen LogP contribution in [-0.4, -0.2) is 23.9 Å². The van der Waals surface area contributed by atoms with E-state index >= 15 is 0 Å². The summed E-state index contributed by atoms with van der Waals surface area (Å²) in [6.45, 7) is 5.21. The van der Waals surface area contributed by atoms with E-state index in [-0.39, 0.29) is 11.5 Å². The molecule has 0 amide bonds. The SMILES string of the molecule is CC(=O)Oc1cc(-c2c(OC(C)=O)ccc3cc(OC(C)=O)ccc23)c2cc(OC(C)=O)ccc2c1. The third kappa shape index (κ3) is 5.33. The topological polar surface area (TPSA) is 105 Å². The Morgan fingerprint density at radius 1 is 0.500 bits per heavy atom. The molecule has 0 fully saturated rings. The maximum atomic E-state index is 12.0. The second-order valence-electron chi connectivity index (χ2n) is 8.05. The highest BCUT2D eigenvalue weighted by Crippen LogP contribution is 2.44. The van der Waals surface area contributed by atoms with Gasteiger partial charge in [0.15, 0.2) is 0 Å². The van der Waals surface area contributed by atoms with E-state index in [1.807, 2.05) is 0 Å². The van der Waals surface area contributed by atoms with E-state index in [1.54, 1.807) is 60.7 Å². The number of esters is 4. The average Bonchev–Trinajstić information content (AvgIpc) is 2.77. The first-order valence-corrected chi connectivity index (χ1v) is 11.0. The zero-order valence-corrected chi connectivity index (χ0v) is 20.0. The first kappa shape index (κ1) is 24.4. The van der Waals surface area contributed by atoms with Gasteiger partial charge in [0.05, 0.1) is 0 Å². The Labute approximate surface area is 206 Å². The molecule has 182 valence electrons. The van der Waals surface area contributed by atoms with E-state index in [4.69, 9.17) is 18.9 Å². The fourth-order valence-corrected chi connectivity index (χ4v) is 4.01. The summed E-state index contributed by atoms with van der Waals surface area (Å²) < 4.78 is 21.4. The van der Waals surface area contributed by atoms with Crippen molar-refractivity contribution in [2.75, 3.05) is 0 Å². The highest BCUT2D eigenvalue weighted by molar-refractivity contribution is 6.09. The monoisotopic (exact) mass is 486 g/mol. The molecule has 0 atom stereocenters. The molecular formula is C28H22O8. The number of ether oxygens (including phenoxy) is 4. The highest BCUT2D eigenvalue weighted by atomic mass is 16.5. The van der Waals surface area contributed by atoms with Crippen LogP contribution < -0.4 is 18.9 Å². The average molecular weight is 486 g/mol. The van der Waals surface area contributed by atoms with Gasteiger partial charge in [0.2, 0.25) is 0 Å². The van der Waals surface area contributed by atoms with Crippen molar-refractivity contribution in [2.24, 2.45) is 0 Å². The van der Waals surface area contributed by atoms with Crippen LogP contribution in [0.15, 0.2) is 60.7 Å². The van der Waals surface area contributed by atoms with Gasteiger partial charge in [-0.15, -0.1) is 0 Å². The molecule has 0 aliphatic heterocycles. The zero-order chi connectivity index (χ0) is 26.0. The summed E-state index contributed by atoms with van der Waals surface area (Å²) in [6.07, 6.45) is 0. The van der Waals surface area contributed by atoms with Gasteiger partial charge in [0, 0.05) is 33.3 Å². The number of hydrogen-bond donors (Lipinski definition) is 0. The minimum atomic E-state index is -0.520. The molecule has 0 aliphatic rings. The second kappa shape index (κ2) is 9.87. The van der Waals surface area contributed by atoms with Crippen molar-refractivity contribution >= 4 is 45.4 Å². The molecule has 0 radical (unpaired) electrons. The fourth-order valence-electron chi connectivity index (χ4n) is 4.01. The smallest absolute Gasteiger partial charge is 0.308 e. The molecule has 0 N–H and O–H groups in total. The Kier molecular flexibility index (Phi) is 6.69. The number of rotatable bonds is 5. The van der Waals surface area contributed by atoms with E-state index in [1.165, 1.54) is 27.7 Å². The predicted molar refractivity (Wildman–Crippen MR) is 132 cm³/mol. The van der Waals surface area contributed by atoms with E-state index in [0.717, 1.165) is 0 Å². The third-order valence-corrected chi connectivity index (χ3v) is 5.16. The summed E-state index contributed by atoms with van der Waals surface area (Å²) >= 11 is 0. The van der Waals surface area contributed by atoms with Crippen LogP contribution in [0.2, 0.25) is 0 Å². The van der Waals surface area contributed by atoms with Crippen LogP contribution in [0.25, 0.3) is 32.7 Å². The number of carbonyl (C=O) groups excluding carboxylic acids is 4. The summed E-state index contributed by atoms with van der Waals surface area (Å²) in [6, 6.07) is 16.8. The van der Waals surface area contributed by atoms with Gasteiger partial charge in [0.25, 0.3) is 0 Å². The Morgan fingerprint density at radius 2 is 1.00 bits per heavy atom. The van der Waals surface area contributed by atoms with Crippen LogP contribution in [0.3, 0.4) is 0 Å². The molecule has 36 heavy (non-hydrogen) atoms. The Balaban J connectivity index is 2.07. The van der Waals surface area contributed by atoms with Crippen molar-refractivity contribution in [1.29, 1.82) is 0 Å². The van der Waals surface area contributed by atoms with Gasteiger partial charge >= 0.3 is 23.9 Å². The van der Waals surface area contributed by atoms with Crippen LogP contribution >= 0.6 is 0 Å². The van der Waals surface area contributed by atoms with Gasteiger partial charge in [-0.1, -0.05) is 12.1 Å². The standard InChI is InChI=1S/C28H22O8/c1-15(29)33-21-8-9-24-19(11-21)6-10-27(36-18(4)32)28(24)26-14-23(35-17(3)31)12-20-5-7-22(13-25(20)26)34-16(2)30/h5-14H,1-4H3. The highest BCUT2D eigenvalue weighted by Gasteiger charge is 2.19. The van der Waals surface area contributed by atoms with Crippen LogP contribution in [0.5, 0.6) is 23.0 Å². The molecule has 0 saturated carbocycles. The van der Waals surface area contributed by atoms with Crippen molar-refractivity contribution in [1.82, 2.24) is 0 Å². The minimum absolute atomic E-state index is 0.273. The van der Waals surface area contributed by atoms with Crippen molar-refractivity contribution in [3.05, 3.63) is 60.7 Å². The maximum absolute atomic E-state index is 12.0. The Hall–Kier alpha value is -4.72. The second-order valence-corrected chi connectivity index (χ2v) is 8.05. The summed E-state index contributed by atoms with van der Waals surface area (Å²) in [5, 5.41) is 2.75. The van der Waals surface area contributed by atoms with Crippen LogP contribution in [0.4, 0.5) is 0 Å². The van der Waals surface area contributed by atoms with Gasteiger partial charge < -0.3 is 18.9 Å². The number of carbonyl (C=O) groups is 4. The molecule has 0 aliphatic carbocycles. The summed E-state index contributed by atoms with van der Waals surface area (Å²) in [4.78, 5) is 46.7. The van der Waals surface area contributed by atoms with Crippen LogP contribution in [0.1, 0.15) is 27.7 Å². The molecule has 0 heterocycles. The molecule has 0 aromatic heterocycles. The fraction of sp³-hybridized carbons (Fsp3) is 0.143. The molecule has 0 unspecified atom stereocenters. The van der Waals surface area contributed by atoms with Gasteiger partial charge in [-0.25, -0.2) is 0 Å². The molecule has 4 rings (SSSR count). The lowest BCUT2D eigenvalue weighted by Gasteiger charge is -2.17. The molecular weight excluding hydrogens is 464 g/mol. The zero-order valence-electron chi connectivity index (χ0n) is 20.0. The largest absolute Gasteiger partial charge is 0.427 e. The molecule has 4 aromatic carbocycles. The lowest BCUT2D eigenvalue weighted by molar-refractivity contribution is -0.132. The molecule has 4 aromatic rings. The van der Waals surface area contributed by atoms with Crippen molar-refractivity contribution in [2.45, 2.75) is 27.7 Å². The lowest BCUT2D eigenvalue weighted by Crippen LogP contribution is -2.05. The molecule has 0 saturated heterocycles. The van der Waals surface area contributed by atoms with E-state index in [0.29, 0.717) is 44.2 Å². The predicted octanol–water partition coefficient (Wildman–Crippen LogP) is 5.36. The van der Waals surface area contributed by atoms with Crippen molar-refractivity contribution < 1.29 is 38.1 Å². The summed E-state index contributed by atoms with van der Waals surface area (Å²) in [5.74, 6) is -0.712. The van der Waals surface area contributed by atoms with Gasteiger partial charge in [-0.05, 0) is 75.6 Å². The van der Waals surface area contributed by atoms with Crippen LogP contribution in [0, 0.1) is 0 Å². The normalized spacial score (nSPS) is 10.7. The Morgan fingerprint density at radius 3 is 1.64 bits per heavy atom. The van der Waals surface area contributed by atoms with Gasteiger partial charge in [-0.3, -0.25) is 19.2 Å². The van der Waals surface area contributed by atoms with E-state index < -0.39 is 23.9 Å². The molecule has 8 nitrogen and oxygen atoms in total.